The van der Waals surface area contributed by atoms with Crippen molar-refractivity contribution in [2.24, 2.45) is 0 Å². The molecule has 0 aromatic heterocycles. The Bertz CT molecular complexity index is 455. The van der Waals surface area contributed by atoms with E-state index in [0.717, 1.165) is 0 Å². The van der Waals surface area contributed by atoms with Gasteiger partial charge in [0.2, 0.25) is 0 Å². The van der Waals surface area contributed by atoms with Crippen molar-refractivity contribution in [3.8, 4) is 0 Å². The van der Waals surface area contributed by atoms with Gasteiger partial charge in [-0.15, -0.1) is 0 Å². The maximum Gasteiger partial charge on any atom is 4.00 e. The van der Waals surface area contributed by atoms with E-state index in [9.17, 15) is 0 Å². The van der Waals surface area contributed by atoms with E-state index in [-0.39, 0.29) is 58.9 Å². The van der Waals surface area contributed by atoms with Crippen LogP contribution in [0.4, 0.5) is 0 Å². The van der Waals surface area contributed by atoms with Gasteiger partial charge in [-0.05, 0) is 0 Å². The first kappa shape index (κ1) is 24.4. The predicted octanol–water partition coefficient (Wildman–Crippen LogP) is -6.45. The van der Waals surface area contributed by atoms with Crippen molar-refractivity contribution in [2.45, 2.75) is 20.0 Å². The zero-order chi connectivity index (χ0) is 10.9. The molecule has 0 fully saturated rings. The van der Waals surface area contributed by atoms with E-state index in [1.165, 1.54) is 15.9 Å². The summed E-state index contributed by atoms with van der Waals surface area (Å²) in [5, 5.41) is 3.04. The average Bonchev–Trinajstić information content (AvgIpc) is 2.67. The largest absolute Gasteiger partial charge is 4.00 e. The molecule has 0 unspecified atom stereocenters. The maximum absolute atomic E-state index is 2.41. The Morgan fingerprint density at radius 3 is 1.84 bits per heavy atom. The molecule has 0 aliphatic carbocycles. The van der Waals surface area contributed by atoms with Crippen LogP contribution in [0.2, 0.25) is 13.1 Å². The minimum Gasteiger partial charge on any atom is -1.00 e. The van der Waals surface area contributed by atoms with Gasteiger partial charge in [-0.3, -0.25) is 0 Å². The third kappa shape index (κ3) is 5.71. The van der Waals surface area contributed by atoms with Crippen LogP contribution in [0.15, 0.2) is 48.5 Å². The Hall–Kier alpha value is 0.371. The van der Waals surface area contributed by atoms with Gasteiger partial charge in [0.25, 0.3) is 0 Å². The van der Waals surface area contributed by atoms with Crippen LogP contribution in [-0.4, -0.2) is 8.07 Å². The zero-order valence-corrected chi connectivity index (χ0v) is 16.1. The number of hydrogen-bond acceptors (Lipinski definition) is 0. The van der Waals surface area contributed by atoms with E-state index in [0.29, 0.717) is 0 Å². The van der Waals surface area contributed by atoms with Crippen molar-refractivity contribution < 1.29 is 58.9 Å². The summed E-state index contributed by atoms with van der Waals surface area (Å²) in [5.41, 5.74) is 1.38. The van der Waals surface area contributed by atoms with Crippen molar-refractivity contribution in [1.82, 2.24) is 0 Å². The van der Waals surface area contributed by atoms with Gasteiger partial charge < -0.3 is 37.2 Å². The van der Waals surface area contributed by atoms with Crippen molar-refractivity contribution in [1.29, 1.82) is 0 Å². The van der Waals surface area contributed by atoms with Gasteiger partial charge >= 0.3 is 21.7 Å². The molecule has 0 aliphatic heterocycles. The molecule has 2 aromatic carbocycles. The fourth-order valence-electron chi connectivity index (χ4n) is 1.97. The van der Waals surface area contributed by atoms with E-state index in [4.69, 9.17) is 0 Å². The predicted molar refractivity (Wildman–Crippen MR) is 70.0 cm³/mol. The summed E-state index contributed by atoms with van der Waals surface area (Å²) in [6.45, 7) is 6.99. The first-order chi connectivity index (χ1) is 7.10. The van der Waals surface area contributed by atoms with Gasteiger partial charge in [0.1, 0.15) is 0 Å². The minimum absolute atomic E-state index is 0. The van der Waals surface area contributed by atoms with Gasteiger partial charge in [-0.25, -0.2) is 11.6 Å². The molecule has 0 aliphatic rings. The summed E-state index contributed by atoms with van der Waals surface area (Å²) in [6, 6.07) is 17.7. The first-order valence-electron chi connectivity index (χ1n) is 5.40. The molecule has 0 bridgehead atoms. The van der Waals surface area contributed by atoms with Gasteiger partial charge in [0.05, 0.1) is 8.07 Å². The van der Waals surface area contributed by atoms with Crippen molar-refractivity contribution in [3.05, 3.63) is 54.1 Å². The fourth-order valence-corrected chi connectivity index (χ4v) is 4.42. The topological polar surface area (TPSA) is 0 Å². The molecule has 2 aromatic rings. The molecule has 0 heterocycles. The Morgan fingerprint density at radius 2 is 1.42 bits per heavy atom. The smallest absolute Gasteiger partial charge is 1.00 e. The molecule has 19 heavy (non-hydrogen) atoms. The molecular formula is C14H17Cl3SiTi. The van der Waals surface area contributed by atoms with Crippen LogP contribution in [0.5, 0.6) is 0 Å². The molecule has 0 amide bonds. The van der Waals surface area contributed by atoms with Crippen LogP contribution in [0.25, 0.3) is 0 Å². The summed E-state index contributed by atoms with van der Waals surface area (Å²) in [7, 11) is -1.43. The third-order valence-corrected chi connectivity index (χ3v) is 6.66. The van der Waals surface area contributed by atoms with E-state index < -0.39 is 8.07 Å². The molecule has 0 radical (unpaired) electrons. The fraction of sp³-hybridized carbons (Fsp3) is 0.214. The Morgan fingerprint density at radius 1 is 0.895 bits per heavy atom. The second-order valence-corrected chi connectivity index (χ2v) is 9.07. The quantitative estimate of drug-likeness (QED) is 0.366. The molecular weight excluding hydrogens is 350 g/mol. The zero-order valence-electron chi connectivity index (χ0n) is 11.3. The molecule has 0 N–H and O–H groups in total. The Labute approximate surface area is 150 Å². The number of aryl methyl sites for hydroxylation is 1. The summed E-state index contributed by atoms with van der Waals surface area (Å²) in [5.74, 6) is 0. The van der Waals surface area contributed by atoms with Crippen LogP contribution in [0.1, 0.15) is 5.56 Å². The van der Waals surface area contributed by atoms with Crippen LogP contribution in [0, 0.1) is 6.92 Å². The van der Waals surface area contributed by atoms with Gasteiger partial charge in [-0.1, -0.05) is 55.5 Å². The van der Waals surface area contributed by atoms with E-state index in [1.54, 1.807) is 0 Å². The van der Waals surface area contributed by atoms with Crippen LogP contribution in [-0.2, 0) is 21.7 Å². The summed E-state index contributed by atoms with van der Waals surface area (Å²) < 4.78 is 0. The summed E-state index contributed by atoms with van der Waals surface area (Å²) >= 11 is 0. The molecule has 0 saturated heterocycles. The normalized spacial score (nSPS) is 9.21. The molecule has 0 saturated carbocycles. The van der Waals surface area contributed by atoms with Gasteiger partial charge in [-0.2, -0.15) is 17.3 Å². The Balaban J connectivity index is -0.000000640. The number of benzene rings is 1. The second kappa shape index (κ2) is 10.1. The molecule has 0 atom stereocenters. The van der Waals surface area contributed by atoms with E-state index in [2.05, 4.69) is 68.5 Å². The second-order valence-electron chi connectivity index (χ2n) is 4.67. The number of hydrogen-bond donors (Lipinski definition) is 0. The van der Waals surface area contributed by atoms with Crippen molar-refractivity contribution in [2.75, 3.05) is 0 Å². The Kier molecular flexibility index (Phi) is 13.0. The van der Waals surface area contributed by atoms with Crippen LogP contribution < -0.4 is 47.6 Å². The molecule has 0 spiro atoms. The van der Waals surface area contributed by atoms with Crippen LogP contribution in [0.3, 0.4) is 0 Å². The standard InChI is InChI=1S/C14H17Si.3ClH.Ti/c1-12-9-10-14(11-12)15(2,3)13-7-5-4-6-8-13;;;;/h4-11H,1-3H3;3*1H;/q-1;;;;+4/p-3. The average molecular weight is 368 g/mol. The first-order valence-corrected chi connectivity index (χ1v) is 8.40. The van der Waals surface area contributed by atoms with Gasteiger partial charge in [0.15, 0.2) is 0 Å². The SMILES string of the molecule is Cc1cc[c-]([Si](C)(C)c2ccccc2)c1.[Cl-].[Cl-].[Cl-].[Ti+4]. The van der Waals surface area contributed by atoms with Crippen LogP contribution >= 0.6 is 0 Å². The summed E-state index contributed by atoms with van der Waals surface area (Å²) in [4.78, 5) is 0. The number of halogens is 3. The van der Waals surface area contributed by atoms with Crippen molar-refractivity contribution >= 4 is 18.4 Å². The minimum atomic E-state index is -1.43. The van der Waals surface area contributed by atoms with Crippen molar-refractivity contribution in [3.63, 3.8) is 0 Å². The monoisotopic (exact) mass is 366 g/mol. The van der Waals surface area contributed by atoms with E-state index >= 15 is 0 Å². The third-order valence-electron chi connectivity index (χ3n) is 3.13. The van der Waals surface area contributed by atoms with Gasteiger partial charge in [0, 0.05) is 0 Å². The summed E-state index contributed by atoms with van der Waals surface area (Å²) in [6.07, 6.45) is 0. The molecule has 2 rings (SSSR count). The molecule has 0 nitrogen and oxygen atoms in total. The molecule has 102 valence electrons. The maximum atomic E-state index is 2.41. The molecule has 5 heteroatoms. The number of rotatable bonds is 2. The van der Waals surface area contributed by atoms with E-state index in [1.807, 2.05) is 0 Å².